The first-order valence-corrected chi connectivity index (χ1v) is 8.57. The number of alkyl halides is 5. The Balaban J connectivity index is 2.14. The van der Waals surface area contributed by atoms with Crippen LogP contribution in [-0.2, 0) is 12.3 Å². The van der Waals surface area contributed by atoms with E-state index in [1.807, 2.05) is 0 Å². The van der Waals surface area contributed by atoms with Crippen LogP contribution < -0.4 is 4.74 Å². The molecule has 0 fully saturated rings. The van der Waals surface area contributed by atoms with Crippen molar-refractivity contribution >= 4 is 0 Å². The molecule has 1 N–H and O–H groups in total. The summed E-state index contributed by atoms with van der Waals surface area (Å²) in [6.07, 6.45) is -5.37. The van der Waals surface area contributed by atoms with Crippen LogP contribution >= 0.6 is 0 Å². The molecule has 0 unspecified atom stereocenters. The van der Waals surface area contributed by atoms with Crippen LogP contribution in [0, 0.1) is 0 Å². The molecule has 0 bridgehead atoms. The van der Waals surface area contributed by atoms with Crippen LogP contribution in [0.4, 0.5) is 22.0 Å². The van der Waals surface area contributed by atoms with Crippen molar-refractivity contribution in [2.24, 2.45) is 0 Å². The summed E-state index contributed by atoms with van der Waals surface area (Å²) < 4.78 is 72.5. The molecule has 1 heterocycles. The lowest BCUT2D eigenvalue weighted by molar-refractivity contribution is -0.291. The number of aromatic nitrogens is 2. The monoisotopic (exact) mass is 412 g/mol. The van der Waals surface area contributed by atoms with Gasteiger partial charge in [0.25, 0.3) is 0 Å². The Morgan fingerprint density at radius 2 is 1.59 bits per heavy atom. The number of aliphatic hydroxyl groups excluding tert-OH is 1. The fourth-order valence-electron chi connectivity index (χ4n) is 2.78. The molecule has 3 aromatic rings. The minimum absolute atomic E-state index is 0.0644. The first-order valence-electron chi connectivity index (χ1n) is 8.57. The Morgan fingerprint density at radius 3 is 2.10 bits per heavy atom. The molecular weight excluding hydrogens is 395 g/mol. The normalized spacial score (nSPS) is 12.2. The van der Waals surface area contributed by atoms with E-state index in [9.17, 15) is 22.0 Å². The molecule has 4 nitrogen and oxygen atoms in total. The highest BCUT2D eigenvalue weighted by molar-refractivity contribution is 5.63. The molecular formula is C20H17F5N2O2. The highest BCUT2D eigenvalue weighted by Gasteiger charge is 2.60. The second kappa shape index (κ2) is 7.82. The largest absolute Gasteiger partial charge is 0.497 e. The van der Waals surface area contributed by atoms with Crippen molar-refractivity contribution in [3.63, 3.8) is 0 Å². The Morgan fingerprint density at radius 1 is 0.966 bits per heavy atom. The van der Waals surface area contributed by atoms with Crippen LogP contribution in [-0.4, -0.2) is 34.8 Å². The van der Waals surface area contributed by atoms with Gasteiger partial charge in [-0.1, -0.05) is 24.3 Å². The number of hydrogen-bond donors (Lipinski definition) is 1. The quantitative estimate of drug-likeness (QED) is 0.595. The van der Waals surface area contributed by atoms with E-state index in [1.165, 1.54) is 19.2 Å². The maximum atomic E-state index is 13.9. The topological polar surface area (TPSA) is 47.3 Å². The van der Waals surface area contributed by atoms with Gasteiger partial charge in [0.05, 0.1) is 18.5 Å². The van der Waals surface area contributed by atoms with E-state index < -0.39 is 17.8 Å². The van der Waals surface area contributed by atoms with E-state index in [0.29, 0.717) is 23.4 Å². The van der Waals surface area contributed by atoms with Crippen molar-refractivity contribution in [1.29, 1.82) is 0 Å². The Labute approximate surface area is 163 Å². The lowest BCUT2D eigenvalue weighted by atomic mass is 10.1. The summed E-state index contributed by atoms with van der Waals surface area (Å²) in [5.74, 6) is -4.60. The number of benzene rings is 2. The number of halogens is 5. The third-order valence-corrected chi connectivity index (χ3v) is 4.35. The fraction of sp³-hybridized carbons (Fsp3) is 0.250. The minimum atomic E-state index is -5.77. The van der Waals surface area contributed by atoms with Crippen molar-refractivity contribution in [1.82, 2.24) is 9.78 Å². The maximum absolute atomic E-state index is 13.9. The van der Waals surface area contributed by atoms with E-state index in [1.54, 1.807) is 36.4 Å². The molecule has 154 valence electrons. The fourth-order valence-corrected chi connectivity index (χ4v) is 2.78. The summed E-state index contributed by atoms with van der Waals surface area (Å²) in [5.41, 5.74) is 0.177. The van der Waals surface area contributed by atoms with Gasteiger partial charge >= 0.3 is 12.1 Å². The Hall–Kier alpha value is -2.94. The van der Waals surface area contributed by atoms with Crippen molar-refractivity contribution < 1.29 is 31.8 Å². The van der Waals surface area contributed by atoms with E-state index in [2.05, 4.69) is 5.10 Å². The third kappa shape index (κ3) is 4.09. The molecule has 0 aliphatic heterocycles. The van der Waals surface area contributed by atoms with E-state index in [4.69, 9.17) is 9.84 Å². The molecule has 0 aliphatic carbocycles. The lowest BCUT2D eigenvalue weighted by Gasteiger charge is -2.16. The number of nitrogens with zero attached hydrogens (tertiary/aromatic N) is 2. The second-order valence-corrected chi connectivity index (χ2v) is 6.27. The zero-order chi connectivity index (χ0) is 21.2. The zero-order valence-corrected chi connectivity index (χ0v) is 15.3. The van der Waals surface area contributed by atoms with Crippen molar-refractivity contribution in [3.05, 3.63) is 65.9 Å². The molecule has 29 heavy (non-hydrogen) atoms. The molecule has 0 spiro atoms. The van der Waals surface area contributed by atoms with Gasteiger partial charge in [0, 0.05) is 12.2 Å². The molecule has 1 aromatic heterocycles. The summed E-state index contributed by atoms with van der Waals surface area (Å²) in [6.45, 7) is -0.0644. The van der Waals surface area contributed by atoms with Crippen LogP contribution in [0.2, 0.25) is 0 Å². The first kappa shape index (κ1) is 20.8. The Kier molecular flexibility index (Phi) is 5.61. The van der Waals surface area contributed by atoms with Crippen molar-refractivity contribution in [2.45, 2.75) is 18.5 Å². The average Bonchev–Trinajstić information content (AvgIpc) is 3.14. The molecule has 2 aromatic carbocycles. The van der Waals surface area contributed by atoms with Gasteiger partial charge in [-0.25, -0.2) is 4.68 Å². The summed E-state index contributed by atoms with van der Waals surface area (Å²) in [6, 6.07) is 13.3. The molecule has 0 atom stereocenters. The predicted octanol–water partition coefficient (Wildman–Crippen LogP) is 4.74. The number of hydrogen-bond acceptors (Lipinski definition) is 3. The van der Waals surface area contributed by atoms with Gasteiger partial charge in [-0.2, -0.15) is 27.1 Å². The molecule has 0 saturated carbocycles. The predicted molar refractivity (Wildman–Crippen MR) is 96.3 cm³/mol. The second-order valence-electron chi connectivity index (χ2n) is 6.27. The van der Waals surface area contributed by atoms with Gasteiger partial charge in [0.2, 0.25) is 0 Å². The molecule has 0 aliphatic rings. The molecule has 0 radical (unpaired) electrons. The number of ether oxygens (including phenoxy) is 1. The van der Waals surface area contributed by atoms with Gasteiger partial charge < -0.3 is 9.84 Å². The van der Waals surface area contributed by atoms with Gasteiger partial charge in [-0.3, -0.25) is 0 Å². The van der Waals surface area contributed by atoms with E-state index in [-0.39, 0.29) is 12.3 Å². The molecule has 9 heteroatoms. The average molecular weight is 412 g/mol. The molecule has 3 rings (SSSR count). The maximum Gasteiger partial charge on any atom is 0.459 e. The number of rotatable bonds is 6. The summed E-state index contributed by atoms with van der Waals surface area (Å²) in [7, 11) is 1.45. The lowest BCUT2D eigenvalue weighted by Crippen LogP contribution is -2.34. The summed E-state index contributed by atoms with van der Waals surface area (Å²) in [4.78, 5) is 0. The van der Waals surface area contributed by atoms with Crippen LogP contribution in [0.3, 0.4) is 0 Å². The van der Waals surface area contributed by atoms with Gasteiger partial charge in [0.15, 0.2) is 0 Å². The highest BCUT2D eigenvalue weighted by atomic mass is 19.4. The van der Waals surface area contributed by atoms with E-state index in [0.717, 1.165) is 16.3 Å². The standard InChI is InChI=1S/C20H17F5N2O2/c1-29-16-8-6-15(7-9-16)27-17(14-4-2-13(3-5-14)10-11-28)12-18(26-27)19(21,22)20(23,24)25/h2-9,12,28H,10-11H2,1H3. The molecule has 0 saturated heterocycles. The third-order valence-electron chi connectivity index (χ3n) is 4.35. The SMILES string of the molecule is COc1ccc(-n2nc(C(F)(F)C(F)(F)F)cc2-c2ccc(CCO)cc2)cc1. The Bertz CT molecular complexity index is 964. The van der Waals surface area contributed by atoms with Crippen LogP contribution in [0.15, 0.2) is 54.6 Å². The van der Waals surface area contributed by atoms with Gasteiger partial charge in [-0.05, 0) is 42.3 Å². The van der Waals surface area contributed by atoms with Crippen molar-refractivity contribution in [2.75, 3.05) is 13.7 Å². The number of methoxy groups -OCH3 is 1. The van der Waals surface area contributed by atoms with Crippen molar-refractivity contribution in [3.8, 4) is 22.7 Å². The van der Waals surface area contributed by atoms with Gasteiger partial charge in [-0.15, -0.1) is 0 Å². The minimum Gasteiger partial charge on any atom is -0.497 e. The van der Waals surface area contributed by atoms with Crippen LogP contribution in [0.5, 0.6) is 5.75 Å². The first-order chi connectivity index (χ1) is 13.7. The smallest absolute Gasteiger partial charge is 0.459 e. The van der Waals surface area contributed by atoms with Crippen LogP contribution in [0.1, 0.15) is 11.3 Å². The molecule has 0 amide bonds. The van der Waals surface area contributed by atoms with Gasteiger partial charge in [0.1, 0.15) is 11.4 Å². The summed E-state index contributed by atoms with van der Waals surface area (Å²) >= 11 is 0. The number of aliphatic hydroxyl groups is 1. The highest BCUT2D eigenvalue weighted by Crippen LogP contribution is 2.44. The summed E-state index contributed by atoms with van der Waals surface area (Å²) in [5, 5.41) is 12.6. The zero-order valence-electron chi connectivity index (χ0n) is 15.3. The van der Waals surface area contributed by atoms with Crippen LogP contribution in [0.25, 0.3) is 16.9 Å². The van der Waals surface area contributed by atoms with E-state index >= 15 is 0 Å².